The second kappa shape index (κ2) is 7.11. The summed E-state index contributed by atoms with van der Waals surface area (Å²) in [4.78, 5) is 29.4. The van der Waals surface area contributed by atoms with Gasteiger partial charge >= 0.3 is 0 Å². The van der Waals surface area contributed by atoms with Crippen LogP contribution in [-0.2, 0) is 13.5 Å². The maximum atomic E-state index is 12.6. The lowest BCUT2D eigenvalue weighted by molar-refractivity contribution is 0.0930. The summed E-state index contributed by atoms with van der Waals surface area (Å²) in [6.45, 7) is 5.88. The van der Waals surface area contributed by atoms with Gasteiger partial charge in [0.1, 0.15) is 11.6 Å². The summed E-state index contributed by atoms with van der Waals surface area (Å²) in [7, 11) is 1.65. The van der Waals surface area contributed by atoms with E-state index in [9.17, 15) is 9.59 Å². The average Bonchev–Trinajstić information content (AvgIpc) is 3.06. The summed E-state index contributed by atoms with van der Waals surface area (Å²) in [5, 5.41) is 7.51. The van der Waals surface area contributed by atoms with Crippen LogP contribution in [0.1, 0.15) is 48.9 Å². The topological polar surface area (TPSA) is 90.0 Å². The molecule has 2 aromatic heterocycles. The van der Waals surface area contributed by atoms with E-state index in [0.29, 0.717) is 24.1 Å². The largest absolute Gasteiger partial charge is 0.340 e. The molecular formula is C19H22N4O3. The Kier molecular flexibility index (Phi) is 4.88. The van der Waals surface area contributed by atoms with E-state index in [2.05, 4.69) is 29.3 Å². The highest BCUT2D eigenvalue weighted by Gasteiger charge is 2.20. The molecule has 1 unspecified atom stereocenters. The number of hydrogen-bond donors (Lipinski definition) is 1. The quantitative estimate of drug-likeness (QED) is 0.761. The molecule has 7 heteroatoms. The Bertz CT molecular complexity index is 1000. The van der Waals surface area contributed by atoms with Crippen LogP contribution in [0, 0.1) is 5.92 Å². The minimum atomic E-state index is -0.493. The highest BCUT2D eigenvalue weighted by atomic mass is 16.5. The molecule has 1 aromatic carbocycles. The van der Waals surface area contributed by atoms with Gasteiger partial charge in [0.2, 0.25) is 5.89 Å². The van der Waals surface area contributed by atoms with Crippen molar-refractivity contribution in [1.82, 2.24) is 20.0 Å². The van der Waals surface area contributed by atoms with E-state index in [1.165, 1.54) is 4.57 Å². The van der Waals surface area contributed by atoms with Crippen LogP contribution in [0.3, 0.4) is 0 Å². The molecule has 0 aliphatic rings. The summed E-state index contributed by atoms with van der Waals surface area (Å²) in [5.74, 6) is 0.878. The number of aryl methyl sites for hydroxylation is 1. The first-order chi connectivity index (χ1) is 12.4. The van der Waals surface area contributed by atoms with Crippen molar-refractivity contribution >= 4 is 16.8 Å². The number of carbonyl (C=O) groups is 1. The van der Waals surface area contributed by atoms with Crippen LogP contribution >= 0.6 is 0 Å². The van der Waals surface area contributed by atoms with Crippen molar-refractivity contribution in [3.05, 3.63) is 58.0 Å². The predicted octanol–water partition coefficient (Wildman–Crippen LogP) is 2.61. The van der Waals surface area contributed by atoms with E-state index in [4.69, 9.17) is 4.52 Å². The van der Waals surface area contributed by atoms with Gasteiger partial charge in [0.15, 0.2) is 5.82 Å². The summed E-state index contributed by atoms with van der Waals surface area (Å²) in [6, 6.07) is 8.55. The van der Waals surface area contributed by atoms with Crippen molar-refractivity contribution in [3.8, 4) is 0 Å². The van der Waals surface area contributed by atoms with Gasteiger partial charge in [0, 0.05) is 13.5 Å². The number of para-hydroxylation sites is 1. The molecule has 0 saturated carbocycles. The van der Waals surface area contributed by atoms with E-state index in [1.807, 2.05) is 24.3 Å². The van der Waals surface area contributed by atoms with Gasteiger partial charge in [-0.15, -0.1) is 0 Å². The SMILES string of the molecule is CC(C)Cc1noc(C(C)NC(=O)c2cc3ccccc3n(C)c2=O)n1. The van der Waals surface area contributed by atoms with Crippen molar-refractivity contribution in [1.29, 1.82) is 0 Å². The molecule has 1 N–H and O–H groups in total. The average molecular weight is 354 g/mol. The van der Waals surface area contributed by atoms with E-state index < -0.39 is 11.9 Å². The summed E-state index contributed by atoms with van der Waals surface area (Å²) < 4.78 is 6.70. The molecule has 136 valence electrons. The second-order valence-corrected chi connectivity index (χ2v) is 6.82. The number of nitrogens with zero attached hydrogens (tertiary/aromatic N) is 3. The van der Waals surface area contributed by atoms with Crippen LogP contribution in [0.25, 0.3) is 10.9 Å². The minimum Gasteiger partial charge on any atom is -0.340 e. The molecule has 0 bridgehead atoms. The van der Waals surface area contributed by atoms with Gasteiger partial charge in [0.05, 0.1) is 5.52 Å². The minimum absolute atomic E-state index is 0.0833. The van der Waals surface area contributed by atoms with Crippen LogP contribution in [0.15, 0.2) is 39.6 Å². The Morgan fingerprint density at radius 2 is 2.00 bits per heavy atom. The normalized spacial score (nSPS) is 12.5. The maximum Gasteiger partial charge on any atom is 0.263 e. The van der Waals surface area contributed by atoms with Crippen molar-refractivity contribution in [2.75, 3.05) is 0 Å². The standard InChI is InChI=1S/C19H22N4O3/c1-11(2)9-16-21-18(26-22-16)12(3)20-17(24)14-10-13-7-5-6-8-15(13)23(4)19(14)25/h5-8,10-12H,9H2,1-4H3,(H,20,24). The zero-order chi connectivity index (χ0) is 18.8. The Hall–Kier alpha value is -2.96. The van der Waals surface area contributed by atoms with Crippen LogP contribution in [-0.4, -0.2) is 20.6 Å². The van der Waals surface area contributed by atoms with E-state index in [0.717, 1.165) is 10.9 Å². The number of amides is 1. The van der Waals surface area contributed by atoms with Crippen molar-refractivity contribution in [2.45, 2.75) is 33.2 Å². The number of carbonyl (C=O) groups excluding carboxylic acids is 1. The third-order valence-electron chi connectivity index (χ3n) is 4.17. The van der Waals surface area contributed by atoms with Gasteiger partial charge in [-0.05, 0) is 30.4 Å². The van der Waals surface area contributed by atoms with Crippen molar-refractivity contribution in [2.24, 2.45) is 13.0 Å². The van der Waals surface area contributed by atoms with Crippen molar-refractivity contribution in [3.63, 3.8) is 0 Å². The smallest absolute Gasteiger partial charge is 0.263 e. The molecule has 0 radical (unpaired) electrons. The molecule has 0 spiro atoms. The Labute approximate surface area is 151 Å². The van der Waals surface area contributed by atoms with Crippen LogP contribution < -0.4 is 10.9 Å². The van der Waals surface area contributed by atoms with Crippen LogP contribution in [0.5, 0.6) is 0 Å². The van der Waals surface area contributed by atoms with Crippen LogP contribution in [0.4, 0.5) is 0 Å². The molecule has 1 atom stereocenters. The number of aromatic nitrogens is 3. The lowest BCUT2D eigenvalue weighted by Gasteiger charge is -2.11. The first-order valence-corrected chi connectivity index (χ1v) is 8.59. The molecule has 2 heterocycles. The molecule has 7 nitrogen and oxygen atoms in total. The molecule has 0 aliphatic carbocycles. The maximum absolute atomic E-state index is 12.6. The number of nitrogens with one attached hydrogen (secondary N) is 1. The Morgan fingerprint density at radius 1 is 1.27 bits per heavy atom. The molecule has 0 saturated heterocycles. The van der Waals surface area contributed by atoms with E-state index >= 15 is 0 Å². The molecule has 3 rings (SSSR count). The third-order valence-corrected chi connectivity index (χ3v) is 4.17. The number of rotatable bonds is 5. The number of pyridine rings is 1. The predicted molar refractivity (Wildman–Crippen MR) is 97.9 cm³/mol. The molecule has 1 amide bonds. The fraction of sp³-hybridized carbons (Fsp3) is 0.368. The van der Waals surface area contributed by atoms with Gasteiger partial charge in [-0.25, -0.2) is 0 Å². The molecule has 0 fully saturated rings. The van der Waals surface area contributed by atoms with Gasteiger partial charge in [0.25, 0.3) is 11.5 Å². The Morgan fingerprint density at radius 3 is 2.73 bits per heavy atom. The van der Waals surface area contributed by atoms with Gasteiger partial charge in [-0.1, -0.05) is 37.2 Å². The number of benzene rings is 1. The monoisotopic (exact) mass is 354 g/mol. The lowest BCUT2D eigenvalue weighted by atomic mass is 10.1. The van der Waals surface area contributed by atoms with E-state index in [-0.39, 0.29) is 11.1 Å². The van der Waals surface area contributed by atoms with Gasteiger partial charge in [-0.3, -0.25) is 9.59 Å². The fourth-order valence-corrected chi connectivity index (χ4v) is 2.81. The molecule has 26 heavy (non-hydrogen) atoms. The highest BCUT2D eigenvalue weighted by molar-refractivity contribution is 5.97. The summed E-state index contributed by atoms with van der Waals surface area (Å²) in [5.41, 5.74) is 0.511. The zero-order valence-corrected chi connectivity index (χ0v) is 15.3. The number of hydrogen-bond acceptors (Lipinski definition) is 5. The highest BCUT2D eigenvalue weighted by Crippen LogP contribution is 2.15. The summed E-state index contributed by atoms with van der Waals surface area (Å²) in [6.07, 6.45) is 0.704. The molecule has 3 aromatic rings. The van der Waals surface area contributed by atoms with Gasteiger partial charge in [-0.2, -0.15) is 4.98 Å². The van der Waals surface area contributed by atoms with Crippen molar-refractivity contribution < 1.29 is 9.32 Å². The van der Waals surface area contributed by atoms with E-state index in [1.54, 1.807) is 20.0 Å². The zero-order valence-electron chi connectivity index (χ0n) is 15.3. The molecular weight excluding hydrogens is 332 g/mol. The second-order valence-electron chi connectivity index (χ2n) is 6.82. The summed E-state index contributed by atoms with van der Waals surface area (Å²) >= 11 is 0. The van der Waals surface area contributed by atoms with Gasteiger partial charge < -0.3 is 14.4 Å². The molecule has 0 aliphatic heterocycles. The fourth-order valence-electron chi connectivity index (χ4n) is 2.81. The first-order valence-electron chi connectivity index (χ1n) is 8.59. The lowest BCUT2D eigenvalue weighted by Crippen LogP contribution is -2.33. The van der Waals surface area contributed by atoms with Crippen LogP contribution in [0.2, 0.25) is 0 Å². The third kappa shape index (κ3) is 3.51. The number of fused-ring (bicyclic) bond motifs is 1. The first kappa shape index (κ1) is 17.8. The Balaban J connectivity index is 1.84.